The van der Waals surface area contributed by atoms with E-state index in [0.29, 0.717) is 48.3 Å². The number of aliphatic hydroxyl groups is 2. The normalized spacial score (nSPS) is 35.7. The Morgan fingerprint density at radius 2 is 1.47 bits per heavy atom. The van der Waals surface area contributed by atoms with E-state index in [1.165, 1.54) is 29.4 Å². The average molecular weight is 771 g/mol. The lowest BCUT2D eigenvalue weighted by atomic mass is 9.49. The zero-order valence-corrected chi connectivity index (χ0v) is 31.9. The number of allylic oxidation sites excluding steroid dienone is 4. The fourth-order valence-corrected chi connectivity index (χ4v) is 12.1. The van der Waals surface area contributed by atoms with Crippen LogP contribution in [0, 0.1) is 5.92 Å². The Labute approximate surface area is 330 Å². The topological polar surface area (TPSA) is 157 Å². The number of phenols is 2. The molecule has 57 heavy (non-hydrogen) atoms. The summed E-state index contributed by atoms with van der Waals surface area (Å²) in [5.74, 6) is 1.50. The molecule has 11 nitrogen and oxygen atoms in total. The van der Waals surface area contributed by atoms with Gasteiger partial charge >= 0.3 is 0 Å². The number of Topliss-reactive ketones (excluding diaryl/α,β-unsaturated/α-hetero) is 1. The molecule has 0 amide bonds. The third-order valence-corrected chi connectivity index (χ3v) is 14.7. The molecule has 0 unspecified atom stereocenters. The maximum absolute atomic E-state index is 12.5. The molecule has 4 aliphatic heterocycles. The van der Waals surface area contributed by atoms with Crippen molar-refractivity contribution >= 4 is 22.9 Å². The summed E-state index contributed by atoms with van der Waals surface area (Å²) in [5, 5.41) is 42.5. The van der Waals surface area contributed by atoms with E-state index in [2.05, 4.69) is 22.9 Å². The molecule has 9 aliphatic rings. The minimum atomic E-state index is -0.954. The number of carbonyl (C=O) groups is 3. The van der Waals surface area contributed by atoms with E-state index < -0.39 is 23.2 Å². The Balaban J connectivity index is 0.000000107. The lowest BCUT2D eigenvalue weighted by molar-refractivity contribution is -0.185. The predicted octanol–water partition coefficient (Wildman–Crippen LogP) is 3.72. The van der Waals surface area contributed by atoms with Crippen LogP contribution in [0.4, 0.5) is 0 Å². The van der Waals surface area contributed by atoms with E-state index in [1.807, 2.05) is 55.6 Å². The summed E-state index contributed by atoms with van der Waals surface area (Å²) in [4.78, 5) is 39.7. The lowest BCUT2D eigenvalue weighted by Gasteiger charge is -2.61. The van der Waals surface area contributed by atoms with Gasteiger partial charge in [0.25, 0.3) is 0 Å². The molecular weight excluding hydrogens is 725 g/mol. The van der Waals surface area contributed by atoms with Gasteiger partial charge in [0.1, 0.15) is 12.2 Å². The first-order chi connectivity index (χ1) is 27.4. The first-order valence-electron chi connectivity index (χ1n) is 20.0. The van der Waals surface area contributed by atoms with Gasteiger partial charge in [-0.15, -0.1) is 0 Å². The average Bonchev–Trinajstić information content (AvgIpc) is 3.76. The van der Waals surface area contributed by atoms with Crippen LogP contribution in [-0.2, 0) is 38.1 Å². The predicted molar refractivity (Wildman–Crippen MR) is 209 cm³/mol. The number of benzene rings is 3. The van der Waals surface area contributed by atoms with Gasteiger partial charge in [-0.25, -0.2) is 0 Å². The van der Waals surface area contributed by atoms with Crippen molar-refractivity contribution in [1.82, 2.24) is 9.80 Å². The second kappa shape index (κ2) is 12.7. The minimum absolute atomic E-state index is 0.00319. The van der Waals surface area contributed by atoms with Crippen LogP contribution >= 0.6 is 0 Å². The Morgan fingerprint density at radius 3 is 2.23 bits per heavy atom. The van der Waals surface area contributed by atoms with E-state index in [4.69, 9.17) is 9.47 Å². The highest BCUT2D eigenvalue weighted by atomic mass is 16.5. The number of ether oxygens (including phenoxy) is 2. The third kappa shape index (κ3) is 4.89. The molecule has 11 heteroatoms. The molecule has 5 aliphatic carbocycles. The van der Waals surface area contributed by atoms with Crippen molar-refractivity contribution in [3.8, 4) is 23.0 Å². The van der Waals surface area contributed by atoms with Gasteiger partial charge in [-0.05, 0) is 106 Å². The van der Waals surface area contributed by atoms with Crippen LogP contribution < -0.4 is 9.47 Å². The molecule has 2 spiro atoms. The van der Waals surface area contributed by atoms with Gasteiger partial charge in [-0.2, -0.15) is 0 Å². The first kappa shape index (κ1) is 36.3. The molecule has 9 atom stereocenters. The van der Waals surface area contributed by atoms with Gasteiger partial charge in [0.05, 0.1) is 11.0 Å². The largest absolute Gasteiger partial charge is 0.504 e. The number of hydrogen-bond donors (Lipinski definition) is 4. The van der Waals surface area contributed by atoms with Crippen LogP contribution in [0.15, 0.2) is 85.0 Å². The zero-order chi connectivity index (χ0) is 39.6. The van der Waals surface area contributed by atoms with E-state index >= 15 is 0 Å². The molecule has 3 fully saturated rings. The first-order valence-corrected chi connectivity index (χ1v) is 20.0. The summed E-state index contributed by atoms with van der Waals surface area (Å²) >= 11 is 0. The van der Waals surface area contributed by atoms with Crippen molar-refractivity contribution < 1.29 is 44.3 Å². The Hall–Kier alpha value is -5.07. The van der Waals surface area contributed by atoms with Gasteiger partial charge in [-0.3, -0.25) is 14.4 Å². The number of likely N-dealkylation sites (N-methyl/N-ethyl adjacent to an activating group) is 2. The van der Waals surface area contributed by atoms with E-state index in [0.717, 1.165) is 49.0 Å². The van der Waals surface area contributed by atoms with Gasteiger partial charge in [0.15, 0.2) is 46.5 Å². The van der Waals surface area contributed by atoms with Gasteiger partial charge in [0.2, 0.25) is 0 Å². The molecule has 3 aromatic rings. The number of likely N-dealkylation sites (tertiary alicyclic amines) is 2. The number of nitrogens with zero attached hydrogens (tertiary/aromatic N) is 2. The SMILES string of the molecule is CN1CC[C@]23c4c5ccc(O)c4O[C@H]2C(=O)CC[C@@]3(O)[C@H]1C5.CN1CC[C@]23c4c5ccc(O)c4O[C@H]2[C@@H](O)C=C[C@H]3[C@H]1C5.O=C1C=CC(=O)C(c2ccccc2)=C1. The highest BCUT2D eigenvalue weighted by Gasteiger charge is 2.73. The van der Waals surface area contributed by atoms with Crippen LogP contribution in [0.5, 0.6) is 23.0 Å². The molecule has 0 radical (unpaired) electrons. The van der Waals surface area contributed by atoms with Crippen LogP contribution in [0.25, 0.3) is 5.57 Å². The number of ketones is 3. The summed E-state index contributed by atoms with van der Waals surface area (Å²) < 4.78 is 12.0. The van der Waals surface area contributed by atoms with E-state index in [1.54, 1.807) is 12.1 Å². The molecule has 12 rings (SSSR count). The quantitative estimate of drug-likeness (QED) is 0.211. The van der Waals surface area contributed by atoms with Crippen molar-refractivity contribution in [2.45, 2.75) is 85.4 Å². The number of aliphatic hydroxyl groups excluding tert-OH is 1. The number of hydrogen-bond acceptors (Lipinski definition) is 11. The minimum Gasteiger partial charge on any atom is -0.504 e. The molecule has 294 valence electrons. The zero-order valence-electron chi connectivity index (χ0n) is 31.9. The maximum atomic E-state index is 12.5. The summed E-state index contributed by atoms with van der Waals surface area (Å²) in [6.07, 6.45) is 10.8. The van der Waals surface area contributed by atoms with Crippen LogP contribution in [0.2, 0.25) is 0 Å². The molecule has 4 heterocycles. The standard InChI is InChI=1S/C17H19NO4.C17H19NO3.C12H8O2/c1-18-7-6-16-13-9-2-3-10(19)14(13)22-15(16)11(20)4-5-17(16,21)12(18)8-9;1-18-7-6-17-10-3-5-13(20)16(17)21-15-12(19)4-2-9(14(15)17)8-11(10)18;13-10-6-7-12(14)11(8-10)9-4-2-1-3-5-9/h2-3,12,15,19,21H,4-8H2,1H3;2-5,10-11,13,16,19-20H,6-8H2,1H3;1-8H/t12-,15+,16+,17-;10-,11+,13-,16-,17-;/m10./s1. The van der Waals surface area contributed by atoms with Crippen molar-refractivity contribution in [2.24, 2.45) is 5.92 Å². The number of rotatable bonds is 1. The van der Waals surface area contributed by atoms with Gasteiger partial charge in [-0.1, -0.05) is 54.6 Å². The third-order valence-electron chi connectivity index (χ3n) is 14.7. The molecule has 4 N–H and O–H groups in total. The summed E-state index contributed by atoms with van der Waals surface area (Å²) in [5.41, 5.74) is 3.92. The van der Waals surface area contributed by atoms with Crippen molar-refractivity contribution in [2.75, 3.05) is 27.2 Å². The van der Waals surface area contributed by atoms with E-state index in [9.17, 15) is 34.8 Å². The van der Waals surface area contributed by atoms with Crippen LogP contribution in [-0.4, -0.2) is 111 Å². The van der Waals surface area contributed by atoms with Crippen molar-refractivity contribution in [3.63, 3.8) is 0 Å². The van der Waals surface area contributed by atoms with Crippen molar-refractivity contribution in [3.05, 3.63) is 113 Å². The molecule has 3 aromatic carbocycles. The number of aromatic hydroxyl groups is 2. The van der Waals surface area contributed by atoms with Crippen LogP contribution in [0.1, 0.15) is 53.5 Å². The monoisotopic (exact) mass is 770 g/mol. The second-order valence-corrected chi connectivity index (χ2v) is 17.2. The van der Waals surface area contributed by atoms with Crippen molar-refractivity contribution in [1.29, 1.82) is 0 Å². The Kier molecular flexibility index (Phi) is 8.09. The highest BCUT2D eigenvalue weighted by molar-refractivity contribution is 6.33. The summed E-state index contributed by atoms with van der Waals surface area (Å²) in [7, 11) is 4.23. The Morgan fingerprint density at radius 1 is 0.772 bits per heavy atom. The lowest BCUT2D eigenvalue weighted by Crippen LogP contribution is -2.76. The summed E-state index contributed by atoms with van der Waals surface area (Å²) in [6.45, 7) is 1.84. The summed E-state index contributed by atoms with van der Waals surface area (Å²) in [6, 6.07) is 17.0. The molecular formula is C46H46N2O9. The van der Waals surface area contributed by atoms with Gasteiger partial charge in [0, 0.05) is 46.5 Å². The number of carbonyl (C=O) groups excluding carboxylic acids is 3. The van der Waals surface area contributed by atoms with E-state index in [-0.39, 0.29) is 46.4 Å². The van der Waals surface area contributed by atoms with Gasteiger partial charge < -0.3 is 39.7 Å². The molecule has 0 aromatic heterocycles. The number of piperidine rings is 2. The second-order valence-electron chi connectivity index (χ2n) is 17.2. The Bertz CT molecular complexity index is 2340. The smallest absolute Gasteiger partial charge is 0.186 e. The van der Waals surface area contributed by atoms with Crippen LogP contribution in [0.3, 0.4) is 0 Å². The highest BCUT2D eigenvalue weighted by Crippen LogP contribution is 2.65. The fraction of sp³-hybridized carbons (Fsp3) is 0.413. The maximum Gasteiger partial charge on any atom is 0.186 e. The fourth-order valence-electron chi connectivity index (χ4n) is 12.1. The molecule has 4 bridgehead atoms. The molecule has 2 saturated heterocycles. The molecule has 1 saturated carbocycles. The number of phenolic OH excluding ortho intramolecular Hbond substituents is 2.